The molecule has 3 aromatic heterocycles. The first-order chi connectivity index (χ1) is 15.6. The summed E-state index contributed by atoms with van der Waals surface area (Å²) in [6, 6.07) is 15.6. The molecule has 0 spiro atoms. The SMILES string of the molecule is CN(C)c1cncc2c(NCCc3ccc(O)cc3)nc(-c3csc4ccccc34)nc12. The number of aromatic nitrogens is 3. The molecule has 0 fully saturated rings. The van der Waals surface area contributed by atoms with Crippen molar-refractivity contribution in [2.24, 2.45) is 0 Å². The number of nitrogens with zero attached hydrogens (tertiary/aromatic N) is 4. The van der Waals surface area contributed by atoms with Crippen LogP contribution in [0.4, 0.5) is 11.5 Å². The summed E-state index contributed by atoms with van der Waals surface area (Å²) in [4.78, 5) is 16.3. The Balaban J connectivity index is 1.57. The van der Waals surface area contributed by atoms with Crippen LogP contribution in [0.15, 0.2) is 66.3 Å². The highest BCUT2D eigenvalue weighted by atomic mass is 32.1. The van der Waals surface area contributed by atoms with Crippen LogP contribution in [0.3, 0.4) is 0 Å². The number of thiophene rings is 1. The molecule has 5 rings (SSSR count). The van der Waals surface area contributed by atoms with Gasteiger partial charge in [-0.3, -0.25) is 4.98 Å². The zero-order valence-corrected chi connectivity index (χ0v) is 18.7. The van der Waals surface area contributed by atoms with Gasteiger partial charge in [0.05, 0.1) is 17.3 Å². The van der Waals surface area contributed by atoms with Gasteiger partial charge in [-0.05, 0) is 30.2 Å². The molecule has 3 heterocycles. The van der Waals surface area contributed by atoms with Gasteiger partial charge in [-0.15, -0.1) is 11.3 Å². The highest BCUT2D eigenvalue weighted by Crippen LogP contribution is 2.35. The number of phenols is 1. The molecular weight excluding hydrogens is 418 g/mol. The number of hydrogen-bond donors (Lipinski definition) is 2. The molecule has 2 N–H and O–H groups in total. The summed E-state index contributed by atoms with van der Waals surface area (Å²) in [6.07, 6.45) is 4.47. The highest BCUT2D eigenvalue weighted by molar-refractivity contribution is 7.17. The summed E-state index contributed by atoms with van der Waals surface area (Å²) in [6.45, 7) is 0.701. The van der Waals surface area contributed by atoms with Crippen LogP contribution in [0, 0.1) is 0 Å². The molecule has 0 bridgehead atoms. The third-order valence-corrected chi connectivity index (χ3v) is 6.40. The number of aromatic hydroxyl groups is 1. The smallest absolute Gasteiger partial charge is 0.163 e. The molecule has 0 radical (unpaired) electrons. The van der Waals surface area contributed by atoms with Gasteiger partial charge < -0.3 is 15.3 Å². The maximum atomic E-state index is 9.50. The summed E-state index contributed by atoms with van der Waals surface area (Å²) < 4.78 is 1.22. The fourth-order valence-electron chi connectivity index (χ4n) is 3.75. The Labute approximate surface area is 190 Å². The van der Waals surface area contributed by atoms with Gasteiger partial charge in [0.2, 0.25) is 0 Å². The summed E-state index contributed by atoms with van der Waals surface area (Å²) in [5.41, 5.74) is 4.00. The Morgan fingerprint density at radius 1 is 0.969 bits per heavy atom. The fraction of sp³-hybridized carbons (Fsp3) is 0.160. The largest absolute Gasteiger partial charge is 0.508 e. The molecule has 0 atom stereocenters. The zero-order valence-electron chi connectivity index (χ0n) is 17.9. The van der Waals surface area contributed by atoms with E-state index < -0.39 is 0 Å². The average Bonchev–Trinajstić information content (AvgIpc) is 3.24. The second-order valence-corrected chi connectivity index (χ2v) is 8.75. The molecule has 0 aliphatic carbocycles. The van der Waals surface area contributed by atoms with E-state index >= 15 is 0 Å². The number of hydrogen-bond acceptors (Lipinski definition) is 7. The predicted molar refractivity (Wildman–Crippen MR) is 133 cm³/mol. The lowest BCUT2D eigenvalue weighted by molar-refractivity contribution is 0.475. The monoisotopic (exact) mass is 441 g/mol. The van der Waals surface area contributed by atoms with Gasteiger partial charge in [0.15, 0.2) is 5.82 Å². The van der Waals surface area contributed by atoms with Crippen LogP contribution in [0.2, 0.25) is 0 Å². The molecule has 32 heavy (non-hydrogen) atoms. The van der Waals surface area contributed by atoms with Crippen molar-refractivity contribution in [1.82, 2.24) is 15.0 Å². The van der Waals surface area contributed by atoms with Crippen molar-refractivity contribution in [3.05, 3.63) is 71.9 Å². The first-order valence-electron chi connectivity index (χ1n) is 10.4. The van der Waals surface area contributed by atoms with Gasteiger partial charge in [-0.25, -0.2) is 9.97 Å². The molecule has 6 nitrogen and oxygen atoms in total. The van der Waals surface area contributed by atoms with E-state index in [1.165, 1.54) is 4.70 Å². The third-order valence-electron chi connectivity index (χ3n) is 5.43. The van der Waals surface area contributed by atoms with Gasteiger partial charge in [0.1, 0.15) is 17.1 Å². The lowest BCUT2D eigenvalue weighted by Crippen LogP contribution is -2.12. The van der Waals surface area contributed by atoms with Crippen molar-refractivity contribution in [3.63, 3.8) is 0 Å². The molecule has 0 amide bonds. The second-order valence-electron chi connectivity index (χ2n) is 7.83. The van der Waals surface area contributed by atoms with E-state index in [2.05, 4.69) is 33.9 Å². The van der Waals surface area contributed by atoms with Crippen LogP contribution < -0.4 is 10.2 Å². The minimum absolute atomic E-state index is 0.276. The third kappa shape index (κ3) is 3.83. The standard InChI is InChI=1S/C25H23N5OS/c1-30(2)21-14-26-13-19-23(21)28-25(20-15-32-22-6-4-3-5-18(20)22)29-24(19)27-12-11-16-7-9-17(31)10-8-16/h3-10,13-15,31H,11-12H2,1-2H3,(H,27,28,29). The topological polar surface area (TPSA) is 74.2 Å². The first-order valence-corrected chi connectivity index (χ1v) is 11.3. The Bertz CT molecular complexity index is 1400. The molecule has 160 valence electrons. The van der Waals surface area contributed by atoms with Gasteiger partial charge in [0, 0.05) is 47.9 Å². The first kappa shape index (κ1) is 20.2. The lowest BCUT2D eigenvalue weighted by Gasteiger charge is -2.17. The number of benzene rings is 2. The quantitative estimate of drug-likeness (QED) is 0.371. The summed E-state index contributed by atoms with van der Waals surface area (Å²) in [5, 5.41) is 17.2. The van der Waals surface area contributed by atoms with Crippen molar-refractivity contribution in [2.75, 3.05) is 30.9 Å². The van der Waals surface area contributed by atoms with E-state index in [1.54, 1.807) is 23.5 Å². The summed E-state index contributed by atoms with van der Waals surface area (Å²) in [5.74, 6) is 1.75. The van der Waals surface area contributed by atoms with Crippen molar-refractivity contribution >= 4 is 43.8 Å². The van der Waals surface area contributed by atoms with E-state index in [4.69, 9.17) is 9.97 Å². The molecule has 0 aliphatic rings. The molecule has 2 aromatic carbocycles. The number of phenolic OH excluding ortho intramolecular Hbond substituents is 1. The van der Waals surface area contributed by atoms with Crippen molar-refractivity contribution in [2.45, 2.75) is 6.42 Å². The molecule has 5 aromatic rings. The minimum Gasteiger partial charge on any atom is -0.508 e. The lowest BCUT2D eigenvalue weighted by atomic mass is 10.1. The molecule has 0 saturated heterocycles. The van der Waals surface area contributed by atoms with Crippen LogP contribution in [-0.2, 0) is 6.42 Å². The molecular formula is C25H23N5OS. The van der Waals surface area contributed by atoms with E-state index in [1.807, 2.05) is 49.6 Å². The maximum Gasteiger partial charge on any atom is 0.163 e. The van der Waals surface area contributed by atoms with Crippen molar-refractivity contribution in [1.29, 1.82) is 0 Å². The number of rotatable bonds is 6. The van der Waals surface area contributed by atoms with Crippen LogP contribution in [0.1, 0.15) is 5.56 Å². The van der Waals surface area contributed by atoms with Crippen molar-refractivity contribution in [3.8, 4) is 17.1 Å². The number of pyridine rings is 1. The van der Waals surface area contributed by atoms with Crippen LogP contribution >= 0.6 is 11.3 Å². The highest BCUT2D eigenvalue weighted by Gasteiger charge is 2.16. The minimum atomic E-state index is 0.276. The second kappa shape index (κ2) is 8.43. The van der Waals surface area contributed by atoms with Gasteiger partial charge in [-0.1, -0.05) is 30.3 Å². The Hall–Kier alpha value is -3.71. The van der Waals surface area contributed by atoms with Gasteiger partial charge >= 0.3 is 0 Å². The molecule has 0 saturated carbocycles. The Kier molecular flexibility index (Phi) is 5.33. The van der Waals surface area contributed by atoms with Gasteiger partial charge in [0.25, 0.3) is 0 Å². The van der Waals surface area contributed by atoms with Crippen LogP contribution in [0.25, 0.3) is 32.4 Å². The summed E-state index contributed by atoms with van der Waals surface area (Å²) in [7, 11) is 3.99. The Morgan fingerprint density at radius 3 is 2.59 bits per heavy atom. The Morgan fingerprint density at radius 2 is 1.78 bits per heavy atom. The van der Waals surface area contributed by atoms with E-state index in [-0.39, 0.29) is 5.75 Å². The number of nitrogens with one attached hydrogen (secondary N) is 1. The normalized spacial score (nSPS) is 11.2. The van der Waals surface area contributed by atoms with E-state index in [0.29, 0.717) is 12.4 Å². The summed E-state index contributed by atoms with van der Waals surface area (Å²) >= 11 is 1.70. The molecule has 0 aliphatic heterocycles. The maximum absolute atomic E-state index is 9.50. The molecule has 0 unspecified atom stereocenters. The van der Waals surface area contributed by atoms with Crippen molar-refractivity contribution < 1.29 is 5.11 Å². The van der Waals surface area contributed by atoms with Crippen LogP contribution in [0.5, 0.6) is 5.75 Å². The van der Waals surface area contributed by atoms with Gasteiger partial charge in [-0.2, -0.15) is 0 Å². The molecule has 7 heteroatoms. The number of fused-ring (bicyclic) bond motifs is 2. The van der Waals surface area contributed by atoms with Crippen LogP contribution in [-0.4, -0.2) is 40.7 Å². The fourth-order valence-corrected chi connectivity index (χ4v) is 4.69. The number of anilines is 2. The van der Waals surface area contributed by atoms with E-state index in [0.717, 1.165) is 45.3 Å². The van der Waals surface area contributed by atoms with E-state index in [9.17, 15) is 5.11 Å². The average molecular weight is 442 g/mol. The zero-order chi connectivity index (χ0) is 22.1. The predicted octanol–water partition coefficient (Wildman–Crippen LogP) is 5.33.